The molecule has 0 aliphatic carbocycles. The van der Waals surface area contributed by atoms with Crippen molar-refractivity contribution >= 4 is 10.0 Å². The van der Waals surface area contributed by atoms with Crippen molar-refractivity contribution < 1.29 is 17.9 Å². The minimum absolute atomic E-state index is 0.120. The molecular formula is C13H17N3O4S. The average molecular weight is 311 g/mol. The van der Waals surface area contributed by atoms with E-state index in [0.29, 0.717) is 17.9 Å². The van der Waals surface area contributed by atoms with Crippen LogP contribution in [0.1, 0.15) is 5.56 Å². The van der Waals surface area contributed by atoms with Gasteiger partial charge >= 0.3 is 0 Å². The summed E-state index contributed by atoms with van der Waals surface area (Å²) in [6, 6.07) is 5.48. The zero-order chi connectivity index (χ0) is 15.3. The lowest BCUT2D eigenvalue weighted by atomic mass is 10.1. The topological polar surface area (TPSA) is 93.3 Å². The summed E-state index contributed by atoms with van der Waals surface area (Å²) < 4.78 is 36.7. The molecule has 1 heterocycles. The summed E-state index contributed by atoms with van der Waals surface area (Å²) in [6.45, 7) is 0.281. The van der Waals surface area contributed by atoms with Crippen molar-refractivity contribution in [2.45, 2.75) is 11.3 Å². The van der Waals surface area contributed by atoms with Crippen LogP contribution in [-0.4, -0.2) is 39.4 Å². The Morgan fingerprint density at radius 3 is 2.62 bits per heavy atom. The predicted molar refractivity (Wildman–Crippen MR) is 77.0 cm³/mol. The molecule has 0 bridgehead atoms. The Balaban J connectivity index is 1.98. The molecule has 8 heteroatoms. The number of rotatable bonds is 7. The van der Waals surface area contributed by atoms with E-state index in [1.54, 1.807) is 20.3 Å². The zero-order valence-corrected chi connectivity index (χ0v) is 12.6. The Kier molecular flexibility index (Phi) is 4.81. The van der Waals surface area contributed by atoms with E-state index < -0.39 is 10.0 Å². The Bertz CT molecular complexity index is 683. The fraction of sp³-hybridized carbons (Fsp3) is 0.308. The summed E-state index contributed by atoms with van der Waals surface area (Å²) in [6.07, 6.45) is 3.13. The molecular weight excluding hydrogens is 294 g/mol. The van der Waals surface area contributed by atoms with Gasteiger partial charge in [0.1, 0.15) is 4.90 Å². The molecule has 0 unspecified atom stereocenters. The minimum Gasteiger partial charge on any atom is -0.493 e. The molecule has 0 radical (unpaired) electrons. The second kappa shape index (κ2) is 6.59. The van der Waals surface area contributed by atoms with Gasteiger partial charge in [0.25, 0.3) is 0 Å². The third-order valence-electron chi connectivity index (χ3n) is 2.94. The largest absolute Gasteiger partial charge is 0.493 e. The third-order valence-corrected chi connectivity index (χ3v) is 4.37. The number of aromatic nitrogens is 2. The van der Waals surface area contributed by atoms with Crippen LogP contribution in [0.2, 0.25) is 0 Å². The highest BCUT2D eigenvalue weighted by molar-refractivity contribution is 7.89. The van der Waals surface area contributed by atoms with Crippen molar-refractivity contribution in [3.63, 3.8) is 0 Å². The smallest absolute Gasteiger partial charge is 0.243 e. The Morgan fingerprint density at radius 2 is 2.00 bits per heavy atom. The molecule has 0 atom stereocenters. The number of hydrogen-bond acceptors (Lipinski definition) is 5. The molecule has 1 aromatic heterocycles. The van der Waals surface area contributed by atoms with Gasteiger partial charge in [0.2, 0.25) is 10.0 Å². The van der Waals surface area contributed by atoms with Gasteiger partial charge in [0, 0.05) is 12.7 Å². The second-order valence-electron chi connectivity index (χ2n) is 4.27. The summed E-state index contributed by atoms with van der Waals surface area (Å²) in [7, 11) is -0.390. The predicted octanol–water partition coefficient (Wildman–Crippen LogP) is 0.948. The number of nitrogens with one attached hydrogen (secondary N) is 2. The Labute approximate surface area is 123 Å². The molecule has 0 fully saturated rings. The van der Waals surface area contributed by atoms with E-state index in [9.17, 15) is 8.42 Å². The number of hydrogen-bond donors (Lipinski definition) is 2. The molecule has 0 aliphatic rings. The second-order valence-corrected chi connectivity index (χ2v) is 6.04. The standard InChI is InChI=1S/C13H17N3O4S/c1-19-12-4-3-10(7-13(12)20-2)5-6-16-21(17,18)11-8-14-15-9-11/h3-4,7-9,16H,5-6H2,1-2H3,(H,14,15). The third kappa shape index (κ3) is 3.73. The first-order valence-electron chi connectivity index (χ1n) is 6.26. The molecule has 2 N–H and O–H groups in total. The van der Waals surface area contributed by atoms with Crippen LogP contribution in [0.4, 0.5) is 0 Å². The van der Waals surface area contributed by atoms with Gasteiger partial charge in [-0.05, 0) is 24.1 Å². The maximum Gasteiger partial charge on any atom is 0.243 e. The first-order chi connectivity index (χ1) is 10.1. The maximum atomic E-state index is 11.9. The highest BCUT2D eigenvalue weighted by Gasteiger charge is 2.14. The van der Waals surface area contributed by atoms with Crippen molar-refractivity contribution in [3.8, 4) is 11.5 Å². The van der Waals surface area contributed by atoms with Crippen molar-refractivity contribution in [1.29, 1.82) is 0 Å². The lowest BCUT2D eigenvalue weighted by molar-refractivity contribution is 0.354. The van der Waals surface area contributed by atoms with Gasteiger partial charge in [0.05, 0.1) is 20.4 Å². The van der Waals surface area contributed by atoms with Crippen LogP contribution >= 0.6 is 0 Å². The normalized spacial score (nSPS) is 11.3. The summed E-state index contributed by atoms with van der Waals surface area (Å²) in [5.41, 5.74) is 0.947. The number of methoxy groups -OCH3 is 2. The van der Waals surface area contributed by atoms with E-state index in [2.05, 4.69) is 14.9 Å². The van der Waals surface area contributed by atoms with E-state index in [1.165, 1.54) is 12.4 Å². The molecule has 114 valence electrons. The van der Waals surface area contributed by atoms with E-state index in [0.717, 1.165) is 5.56 Å². The number of benzene rings is 1. The Morgan fingerprint density at radius 1 is 1.24 bits per heavy atom. The highest BCUT2D eigenvalue weighted by Crippen LogP contribution is 2.27. The number of H-pyrrole nitrogens is 1. The van der Waals surface area contributed by atoms with Crippen LogP contribution in [0.3, 0.4) is 0 Å². The van der Waals surface area contributed by atoms with Crippen LogP contribution in [0.15, 0.2) is 35.5 Å². The summed E-state index contributed by atoms with van der Waals surface area (Å²) in [5, 5.41) is 6.09. The molecule has 0 amide bonds. The van der Waals surface area contributed by atoms with Crippen LogP contribution in [0, 0.1) is 0 Å². The lowest BCUT2D eigenvalue weighted by Gasteiger charge is -2.10. The van der Waals surface area contributed by atoms with Gasteiger partial charge in [-0.2, -0.15) is 5.10 Å². The molecule has 2 aromatic rings. The minimum atomic E-state index is -3.52. The SMILES string of the molecule is COc1ccc(CCNS(=O)(=O)c2cn[nH]c2)cc1OC. The van der Waals surface area contributed by atoms with Crippen molar-refractivity contribution in [2.24, 2.45) is 0 Å². The van der Waals surface area contributed by atoms with E-state index >= 15 is 0 Å². The lowest BCUT2D eigenvalue weighted by Crippen LogP contribution is -2.25. The molecule has 7 nitrogen and oxygen atoms in total. The number of nitrogens with zero attached hydrogens (tertiary/aromatic N) is 1. The Hall–Kier alpha value is -2.06. The summed E-state index contributed by atoms with van der Waals surface area (Å²) in [4.78, 5) is 0.120. The monoisotopic (exact) mass is 311 g/mol. The number of ether oxygens (including phenoxy) is 2. The molecule has 2 rings (SSSR count). The number of sulfonamides is 1. The number of aromatic amines is 1. The van der Waals surface area contributed by atoms with Gasteiger partial charge in [-0.1, -0.05) is 6.07 Å². The molecule has 21 heavy (non-hydrogen) atoms. The molecule has 0 aliphatic heterocycles. The molecule has 1 aromatic carbocycles. The van der Waals surface area contributed by atoms with Gasteiger partial charge < -0.3 is 9.47 Å². The zero-order valence-electron chi connectivity index (χ0n) is 11.8. The van der Waals surface area contributed by atoms with Gasteiger partial charge in [0.15, 0.2) is 11.5 Å². The van der Waals surface area contributed by atoms with Gasteiger partial charge in [-0.25, -0.2) is 13.1 Å². The van der Waals surface area contributed by atoms with Crippen LogP contribution in [0.5, 0.6) is 11.5 Å². The first kappa shape index (κ1) is 15.3. The van der Waals surface area contributed by atoms with Crippen LogP contribution in [0.25, 0.3) is 0 Å². The fourth-order valence-electron chi connectivity index (χ4n) is 1.84. The van der Waals surface area contributed by atoms with E-state index in [-0.39, 0.29) is 11.4 Å². The highest BCUT2D eigenvalue weighted by atomic mass is 32.2. The van der Waals surface area contributed by atoms with Crippen molar-refractivity contribution in [3.05, 3.63) is 36.2 Å². The van der Waals surface area contributed by atoms with Gasteiger partial charge in [-0.3, -0.25) is 5.10 Å². The average Bonchev–Trinajstić information content (AvgIpc) is 3.02. The molecule has 0 saturated carbocycles. The van der Waals surface area contributed by atoms with Crippen molar-refractivity contribution in [2.75, 3.05) is 20.8 Å². The van der Waals surface area contributed by atoms with Crippen LogP contribution < -0.4 is 14.2 Å². The quantitative estimate of drug-likeness (QED) is 0.794. The molecule has 0 saturated heterocycles. The van der Waals surface area contributed by atoms with E-state index in [4.69, 9.17) is 9.47 Å². The van der Waals surface area contributed by atoms with Gasteiger partial charge in [-0.15, -0.1) is 0 Å². The van der Waals surface area contributed by atoms with E-state index in [1.807, 2.05) is 12.1 Å². The van der Waals surface area contributed by atoms with Crippen LogP contribution in [-0.2, 0) is 16.4 Å². The molecule has 0 spiro atoms. The summed E-state index contributed by atoms with van der Waals surface area (Å²) >= 11 is 0. The fourth-order valence-corrected chi connectivity index (χ4v) is 2.77. The first-order valence-corrected chi connectivity index (χ1v) is 7.74. The van der Waals surface area contributed by atoms with Crippen molar-refractivity contribution in [1.82, 2.24) is 14.9 Å². The maximum absolute atomic E-state index is 11.9. The summed E-state index contributed by atoms with van der Waals surface area (Å²) in [5.74, 6) is 1.26.